The van der Waals surface area contributed by atoms with Crippen molar-refractivity contribution in [3.63, 3.8) is 0 Å². The number of fused-ring (bicyclic) bond motifs is 3. The summed E-state index contributed by atoms with van der Waals surface area (Å²) in [6.45, 7) is 8.28. The zero-order valence-corrected chi connectivity index (χ0v) is 20.7. The van der Waals surface area contributed by atoms with Gasteiger partial charge in [0.25, 0.3) is 0 Å². The van der Waals surface area contributed by atoms with Crippen molar-refractivity contribution in [3.05, 3.63) is 16.8 Å². The normalized spacial score (nSPS) is 22.7. The molecular formula is C24H34N4O4S. The number of aryl methyl sites for hydroxylation is 1. The average molecular weight is 475 g/mol. The molecule has 1 saturated carbocycles. The van der Waals surface area contributed by atoms with E-state index in [2.05, 4.69) is 9.97 Å². The summed E-state index contributed by atoms with van der Waals surface area (Å²) < 4.78 is 12.0. The van der Waals surface area contributed by atoms with Gasteiger partial charge in [0.15, 0.2) is 0 Å². The van der Waals surface area contributed by atoms with Gasteiger partial charge >= 0.3 is 6.09 Å². The minimum absolute atomic E-state index is 0.0308. The lowest BCUT2D eigenvalue weighted by atomic mass is 9.92. The maximum absolute atomic E-state index is 12.6. The Morgan fingerprint density at radius 2 is 1.91 bits per heavy atom. The number of hydrogen-bond donors (Lipinski definition) is 1. The van der Waals surface area contributed by atoms with E-state index in [1.807, 2.05) is 32.6 Å². The van der Waals surface area contributed by atoms with E-state index in [1.165, 1.54) is 4.88 Å². The summed E-state index contributed by atoms with van der Waals surface area (Å²) >= 11 is 1.67. The number of primary amides is 1. The maximum atomic E-state index is 12.6. The Labute approximate surface area is 198 Å². The standard InChI is InChI=1S/C24H34N4O4S/c1-5-28(23(30)32-24(2,3)4)15-7-9-16(10-8-15)31-21-20-19-14(12-18(25)29)6-11-17(19)33-22(20)27-13-26-21/h13-16H,5-12H2,1-4H3,(H2,25,29). The number of rotatable bonds is 6. The molecule has 1 fully saturated rings. The zero-order chi connectivity index (χ0) is 23.8. The van der Waals surface area contributed by atoms with Crippen LogP contribution in [0.15, 0.2) is 6.33 Å². The number of hydrogen-bond acceptors (Lipinski definition) is 7. The lowest BCUT2D eigenvalue weighted by molar-refractivity contribution is -0.118. The minimum atomic E-state index is -0.504. The van der Waals surface area contributed by atoms with E-state index in [0.717, 1.165) is 54.3 Å². The number of ether oxygens (including phenoxy) is 2. The second kappa shape index (κ2) is 9.44. The van der Waals surface area contributed by atoms with E-state index in [4.69, 9.17) is 15.2 Å². The predicted octanol–water partition coefficient (Wildman–Crippen LogP) is 4.54. The van der Waals surface area contributed by atoms with E-state index in [0.29, 0.717) is 18.8 Å². The van der Waals surface area contributed by atoms with Crippen molar-refractivity contribution in [1.29, 1.82) is 0 Å². The number of carbonyl (C=O) groups is 2. The van der Waals surface area contributed by atoms with Gasteiger partial charge in [-0.1, -0.05) is 0 Å². The van der Waals surface area contributed by atoms with Crippen LogP contribution >= 0.6 is 11.3 Å². The Morgan fingerprint density at radius 3 is 2.55 bits per heavy atom. The number of carbonyl (C=O) groups excluding carboxylic acids is 2. The van der Waals surface area contributed by atoms with Gasteiger partial charge in [0.1, 0.15) is 22.9 Å². The largest absolute Gasteiger partial charge is 0.474 e. The van der Waals surface area contributed by atoms with Crippen molar-refractivity contribution in [2.75, 3.05) is 6.54 Å². The highest BCUT2D eigenvalue weighted by atomic mass is 32.1. The van der Waals surface area contributed by atoms with E-state index < -0.39 is 5.60 Å². The molecule has 180 valence electrons. The molecular weight excluding hydrogens is 440 g/mol. The third kappa shape index (κ3) is 5.23. The molecule has 2 aromatic heterocycles. The van der Waals surface area contributed by atoms with Gasteiger partial charge in [-0.05, 0) is 77.7 Å². The Balaban J connectivity index is 1.45. The van der Waals surface area contributed by atoms with Crippen LogP contribution in [-0.2, 0) is 16.0 Å². The Bertz CT molecular complexity index is 1020. The molecule has 2 aliphatic carbocycles. The van der Waals surface area contributed by atoms with Crippen molar-refractivity contribution in [1.82, 2.24) is 14.9 Å². The van der Waals surface area contributed by atoms with Gasteiger partial charge in [0.05, 0.1) is 5.39 Å². The van der Waals surface area contributed by atoms with Crippen molar-refractivity contribution in [2.24, 2.45) is 5.73 Å². The lowest BCUT2D eigenvalue weighted by Gasteiger charge is -2.37. The smallest absolute Gasteiger partial charge is 0.410 e. The summed E-state index contributed by atoms with van der Waals surface area (Å²) in [6, 6.07) is 0.153. The van der Waals surface area contributed by atoms with Gasteiger partial charge in [0, 0.05) is 23.9 Å². The summed E-state index contributed by atoms with van der Waals surface area (Å²) in [4.78, 5) is 37.2. The fraction of sp³-hybridized carbons (Fsp3) is 0.667. The molecule has 2 amide bonds. The topological polar surface area (TPSA) is 108 Å². The molecule has 0 aromatic carbocycles. The number of aromatic nitrogens is 2. The van der Waals surface area contributed by atoms with Gasteiger partial charge in [0.2, 0.25) is 11.8 Å². The van der Waals surface area contributed by atoms with Gasteiger partial charge in [-0.25, -0.2) is 14.8 Å². The molecule has 0 spiro atoms. The Kier molecular flexibility index (Phi) is 6.79. The molecule has 1 unspecified atom stereocenters. The summed E-state index contributed by atoms with van der Waals surface area (Å²) in [6.07, 6.45) is 6.95. The fourth-order valence-corrected chi connectivity index (χ4v) is 6.30. The SMILES string of the molecule is CCN(C(=O)OC(C)(C)C)C1CCC(Oc2ncnc3sc4c(c23)C(CC(N)=O)CC4)CC1. The van der Waals surface area contributed by atoms with Crippen molar-refractivity contribution in [2.45, 2.75) is 96.3 Å². The van der Waals surface area contributed by atoms with Gasteiger partial charge in [-0.3, -0.25) is 4.79 Å². The number of amides is 2. The van der Waals surface area contributed by atoms with E-state index in [1.54, 1.807) is 17.7 Å². The van der Waals surface area contributed by atoms with E-state index in [-0.39, 0.29) is 30.1 Å². The molecule has 0 saturated heterocycles. The molecule has 9 heteroatoms. The molecule has 33 heavy (non-hydrogen) atoms. The number of nitrogens with zero attached hydrogens (tertiary/aromatic N) is 3. The van der Waals surface area contributed by atoms with Crippen LogP contribution in [0.5, 0.6) is 5.88 Å². The van der Waals surface area contributed by atoms with Gasteiger partial charge in [-0.2, -0.15) is 0 Å². The van der Waals surface area contributed by atoms with Gasteiger partial charge in [-0.15, -0.1) is 11.3 Å². The molecule has 2 heterocycles. The molecule has 0 radical (unpaired) electrons. The summed E-state index contributed by atoms with van der Waals surface area (Å²) in [5, 5.41) is 0.951. The molecule has 0 aliphatic heterocycles. The van der Waals surface area contributed by atoms with Crippen LogP contribution in [0.3, 0.4) is 0 Å². The fourth-order valence-electron chi connectivity index (χ4n) is 5.07. The van der Waals surface area contributed by atoms with Crippen LogP contribution in [0.4, 0.5) is 4.79 Å². The van der Waals surface area contributed by atoms with E-state index in [9.17, 15) is 9.59 Å². The minimum Gasteiger partial charge on any atom is -0.474 e. The highest BCUT2D eigenvalue weighted by Gasteiger charge is 2.34. The highest BCUT2D eigenvalue weighted by molar-refractivity contribution is 7.19. The quantitative estimate of drug-likeness (QED) is 0.658. The van der Waals surface area contributed by atoms with Gasteiger partial charge < -0.3 is 20.1 Å². The number of nitrogens with two attached hydrogens (primary N) is 1. The van der Waals surface area contributed by atoms with Crippen LogP contribution in [0, 0.1) is 0 Å². The van der Waals surface area contributed by atoms with Crippen LogP contribution in [0.25, 0.3) is 10.2 Å². The van der Waals surface area contributed by atoms with E-state index >= 15 is 0 Å². The first kappa shape index (κ1) is 23.7. The Hall–Kier alpha value is -2.42. The molecule has 0 bridgehead atoms. The highest BCUT2D eigenvalue weighted by Crippen LogP contribution is 2.47. The molecule has 2 N–H and O–H groups in total. The number of thiophene rings is 1. The first-order valence-corrected chi connectivity index (χ1v) is 12.7. The molecule has 1 atom stereocenters. The van der Waals surface area contributed by atoms with Crippen LogP contribution < -0.4 is 10.5 Å². The summed E-state index contributed by atoms with van der Waals surface area (Å²) in [7, 11) is 0. The molecule has 2 aromatic rings. The first-order valence-electron chi connectivity index (χ1n) is 11.9. The van der Waals surface area contributed by atoms with Crippen molar-refractivity contribution >= 4 is 33.6 Å². The third-order valence-electron chi connectivity index (χ3n) is 6.47. The van der Waals surface area contributed by atoms with Crippen LogP contribution in [0.1, 0.15) is 82.6 Å². The first-order chi connectivity index (χ1) is 15.7. The Morgan fingerprint density at radius 1 is 1.18 bits per heavy atom. The second-order valence-electron chi connectivity index (χ2n) is 10.0. The monoisotopic (exact) mass is 474 g/mol. The average Bonchev–Trinajstić information content (AvgIpc) is 3.28. The molecule has 4 rings (SSSR count). The lowest BCUT2D eigenvalue weighted by Crippen LogP contribution is -2.45. The summed E-state index contributed by atoms with van der Waals surface area (Å²) in [5.74, 6) is 0.439. The maximum Gasteiger partial charge on any atom is 0.410 e. The zero-order valence-electron chi connectivity index (χ0n) is 19.9. The second-order valence-corrected chi connectivity index (χ2v) is 11.1. The third-order valence-corrected chi connectivity index (χ3v) is 7.65. The summed E-state index contributed by atoms with van der Waals surface area (Å²) in [5.41, 5.74) is 6.15. The van der Waals surface area contributed by atoms with Crippen LogP contribution in [0.2, 0.25) is 0 Å². The van der Waals surface area contributed by atoms with Crippen molar-refractivity contribution < 1.29 is 19.1 Å². The van der Waals surface area contributed by atoms with Crippen LogP contribution in [-0.4, -0.2) is 51.2 Å². The molecule has 2 aliphatic rings. The molecule has 8 nitrogen and oxygen atoms in total. The van der Waals surface area contributed by atoms with Crippen molar-refractivity contribution in [3.8, 4) is 5.88 Å². The predicted molar refractivity (Wildman–Crippen MR) is 128 cm³/mol.